The van der Waals surface area contributed by atoms with Crippen LogP contribution in [0, 0.1) is 5.92 Å². The van der Waals surface area contributed by atoms with Crippen LogP contribution in [-0.2, 0) is 4.79 Å². The summed E-state index contributed by atoms with van der Waals surface area (Å²) in [5, 5.41) is 17.5. The van der Waals surface area contributed by atoms with E-state index in [1.807, 2.05) is 0 Å². The van der Waals surface area contributed by atoms with E-state index in [0.29, 0.717) is 12.8 Å². The smallest absolute Gasteiger partial charge is 0.308 e. The minimum atomic E-state index is -2.49. The first kappa shape index (κ1) is 12.3. The summed E-state index contributed by atoms with van der Waals surface area (Å²) in [6, 6.07) is -0.344. The van der Waals surface area contributed by atoms with Crippen molar-refractivity contribution in [2.45, 2.75) is 25.3 Å². The largest absolute Gasteiger partial charge is 0.481 e. The molecule has 0 radical (unpaired) electrons. The Labute approximate surface area is 86.5 Å². The van der Waals surface area contributed by atoms with Crippen LogP contribution >= 0.6 is 0 Å². The summed E-state index contributed by atoms with van der Waals surface area (Å²) >= 11 is 0. The summed E-state index contributed by atoms with van der Waals surface area (Å²) < 4.78 is 24.4. The summed E-state index contributed by atoms with van der Waals surface area (Å²) in [5.41, 5.74) is 0. The molecule has 1 fully saturated rings. The summed E-state index contributed by atoms with van der Waals surface area (Å²) in [7, 11) is 0. The summed E-state index contributed by atoms with van der Waals surface area (Å²) in [4.78, 5) is 12.1. The molecule has 0 aliphatic heterocycles. The number of halogens is 2. The normalized spacial score (nSPS) is 25.7. The third kappa shape index (κ3) is 3.10. The Morgan fingerprint density at radius 3 is 2.47 bits per heavy atom. The number of aliphatic hydroxyl groups is 1. The van der Waals surface area contributed by atoms with Crippen LogP contribution in [0.25, 0.3) is 0 Å². The van der Waals surface area contributed by atoms with Gasteiger partial charge in [0.05, 0.1) is 19.1 Å². The van der Waals surface area contributed by atoms with Crippen molar-refractivity contribution < 1.29 is 23.8 Å². The third-order valence-corrected chi connectivity index (χ3v) is 2.78. The van der Waals surface area contributed by atoms with Gasteiger partial charge in [0.25, 0.3) is 6.43 Å². The molecular weight excluding hydrogens is 208 g/mol. The molecule has 0 spiro atoms. The molecule has 0 heterocycles. The lowest BCUT2D eigenvalue weighted by Gasteiger charge is -2.41. The number of carboxylic acids is 1. The van der Waals surface area contributed by atoms with Crippen LogP contribution in [0.3, 0.4) is 0 Å². The highest BCUT2D eigenvalue weighted by Gasteiger charge is 2.40. The van der Waals surface area contributed by atoms with Crippen LogP contribution in [0.2, 0.25) is 0 Å². The maximum Gasteiger partial charge on any atom is 0.308 e. The lowest BCUT2D eigenvalue weighted by atomic mass is 9.78. The van der Waals surface area contributed by atoms with E-state index in [0.717, 1.165) is 0 Å². The molecule has 88 valence electrons. The van der Waals surface area contributed by atoms with Gasteiger partial charge in [-0.3, -0.25) is 9.69 Å². The second-order valence-corrected chi connectivity index (χ2v) is 3.70. The number of nitrogens with zero attached hydrogens (tertiary/aromatic N) is 1. The highest BCUT2D eigenvalue weighted by molar-refractivity contribution is 5.72. The summed E-state index contributed by atoms with van der Waals surface area (Å²) in [5.74, 6) is -1.50. The molecule has 0 aromatic carbocycles. The number of aliphatic carboxylic acids is 1. The molecule has 0 bridgehead atoms. The van der Waals surface area contributed by atoms with Crippen LogP contribution in [0.5, 0.6) is 0 Å². The molecule has 0 aromatic rings. The van der Waals surface area contributed by atoms with Crippen LogP contribution < -0.4 is 0 Å². The van der Waals surface area contributed by atoms with Gasteiger partial charge in [0, 0.05) is 12.6 Å². The van der Waals surface area contributed by atoms with Gasteiger partial charge in [0.15, 0.2) is 0 Å². The summed E-state index contributed by atoms with van der Waals surface area (Å²) in [6.07, 6.45) is -1.35. The molecule has 0 aromatic heterocycles. The van der Waals surface area contributed by atoms with Crippen molar-refractivity contribution >= 4 is 5.97 Å². The van der Waals surface area contributed by atoms with E-state index in [1.54, 1.807) is 0 Å². The number of hydrogen-bond donors (Lipinski definition) is 2. The van der Waals surface area contributed by atoms with Crippen molar-refractivity contribution in [1.82, 2.24) is 4.90 Å². The van der Waals surface area contributed by atoms with Crippen molar-refractivity contribution in [3.05, 3.63) is 0 Å². The fraction of sp³-hybridized carbons (Fsp3) is 0.889. The number of aliphatic hydroxyl groups excluding tert-OH is 1. The van der Waals surface area contributed by atoms with Gasteiger partial charge in [-0.1, -0.05) is 0 Å². The standard InChI is InChI=1S/C9H15F2NO3/c10-8(11)5-12(3-4-13)7-2-1-6(7)9(14)15/h6-8,13H,1-5H2,(H,14,15). The highest BCUT2D eigenvalue weighted by Crippen LogP contribution is 2.32. The molecule has 0 saturated heterocycles. The van der Waals surface area contributed by atoms with Crippen molar-refractivity contribution in [2.24, 2.45) is 5.92 Å². The second-order valence-electron chi connectivity index (χ2n) is 3.70. The molecule has 1 rings (SSSR count). The molecule has 2 atom stereocenters. The molecule has 1 saturated carbocycles. The Morgan fingerprint density at radius 1 is 1.47 bits per heavy atom. The first-order valence-electron chi connectivity index (χ1n) is 4.92. The maximum atomic E-state index is 12.2. The number of alkyl halides is 2. The van der Waals surface area contributed by atoms with Crippen molar-refractivity contribution in [2.75, 3.05) is 19.7 Å². The van der Waals surface area contributed by atoms with Gasteiger partial charge in [-0.2, -0.15) is 0 Å². The Balaban J connectivity index is 2.51. The topological polar surface area (TPSA) is 60.8 Å². The van der Waals surface area contributed by atoms with Crippen LogP contribution in [0.4, 0.5) is 8.78 Å². The Hall–Kier alpha value is -0.750. The second kappa shape index (κ2) is 5.37. The SMILES string of the molecule is O=C(O)C1CCC1N(CCO)CC(F)F. The van der Waals surface area contributed by atoms with E-state index in [-0.39, 0.29) is 19.2 Å². The molecule has 6 heteroatoms. The average molecular weight is 223 g/mol. The first-order valence-corrected chi connectivity index (χ1v) is 4.92. The van der Waals surface area contributed by atoms with E-state index in [2.05, 4.69) is 0 Å². The third-order valence-electron chi connectivity index (χ3n) is 2.78. The Kier molecular flexibility index (Phi) is 4.41. The highest BCUT2D eigenvalue weighted by atomic mass is 19.3. The Bertz CT molecular complexity index is 225. The minimum Gasteiger partial charge on any atom is -0.481 e. The fourth-order valence-corrected chi connectivity index (χ4v) is 1.91. The van der Waals surface area contributed by atoms with Crippen LogP contribution in [0.15, 0.2) is 0 Å². The molecule has 1 aliphatic rings. The van der Waals surface area contributed by atoms with Gasteiger partial charge in [-0.15, -0.1) is 0 Å². The van der Waals surface area contributed by atoms with E-state index in [9.17, 15) is 13.6 Å². The lowest BCUT2D eigenvalue weighted by molar-refractivity contribution is -0.149. The van der Waals surface area contributed by atoms with Crippen molar-refractivity contribution in [1.29, 1.82) is 0 Å². The summed E-state index contributed by atoms with van der Waals surface area (Å²) in [6.45, 7) is -0.580. The van der Waals surface area contributed by atoms with Gasteiger partial charge < -0.3 is 10.2 Å². The zero-order valence-corrected chi connectivity index (χ0v) is 8.27. The molecule has 15 heavy (non-hydrogen) atoms. The quantitative estimate of drug-likeness (QED) is 0.684. The molecule has 4 nitrogen and oxygen atoms in total. The van der Waals surface area contributed by atoms with E-state index in [1.165, 1.54) is 4.90 Å². The van der Waals surface area contributed by atoms with Gasteiger partial charge in [-0.05, 0) is 12.8 Å². The van der Waals surface area contributed by atoms with Crippen molar-refractivity contribution in [3.63, 3.8) is 0 Å². The molecule has 1 aliphatic carbocycles. The van der Waals surface area contributed by atoms with Crippen LogP contribution in [0.1, 0.15) is 12.8 Å². The van der Waals surface area contributed by atoms with Crippen molar-refractivity contribution in [3.8, 4) is 0 Å². The zero-order valence-electron chi connectivity index (χ0n) is 8.27. The van der Waals surface area contributed by atoms with Crippen LogP contribution in [-0.4, -0.2) is 53.2 Å². The van der Waals surface area contributed by atoms with Gasteiger partial charge in [-0.25, -0.2) is 8.78 Å². The molecule has 0 amide bonds. The minimum absolute atomic E-state index is 0.110. The zero-order chi connectivity index (χ0) is 11.4. The number of carbonyl (C=O) groups is 1. The number of carboxylic acid groups (broad SMARTS) is 1. The van der Waals surface area contributed by atoms with Gasteiger partial charge in [0.2, 0.25) is 0 Å². The Morgan fingerprint density at radius 2 is 2.13 bits per heavy atom. The van der Waals surface area contributed by atoms with Gasteiger partial charge >= 0.3 is 5.97 Å². The van der Waals surface area contributed by atoms with E-state index in [4.69, 9.17) is 10.2 Å². The monoisotopic (exact) mass is 223 g/mol. The predicted molar refractivity (Wildman–Crippen MR) is 48.8 cm³/mol. The predicted octanol–water partition coefficient (Wildman–Crippen LogP) is 0.409. The maximum absolute atomic E-state index is 12.2. The van der Waals surface area contributed by atoms with Gasteiger partial charge in [0.1, 0.15) is 0 Å². The molecule has 2 N–H and O–H groups in total. The first-order chi connectivity index (χ1) is 7.06. The molecule has 2 unspecified atom stereocenters. The number of hydrogen-bond acceptors (Lipinski definition) is 3. The average Bonchev–Trinajstić information content (AvgIpc) is 1.99. The van der Waals surface area contributed by atoms with E-state index >= 15 is 0 Å². The number of rotatable bonds is 6. The molecular formula is C9H15F2NO3. The van der Waals surface area contributed by atoms with E-state index < -0.39 is 24.9 Å². The fourth-order valence-electron chi connectivity index (χ4n) is 1.91. The lowest BCUT2D eigenvalue weighted by Crippen LogP contribution is -2.52.